The maximum absolute atomic E-state index is 11.7. The summed E-state index contributed by atoms with van der Waals surface area (Å²) in [5.74, 6) is -1.28. The topological polar surface area (TPSA) is 161 Å². The first-order chi connectivity index (χ1) is 10.1. The molecule has 9 nitrogen and oxygen atoms in total. The van der Waals surface area contributed by atoms with E-state index in [1.807, 2.05) is 0 Å². The fourth-order valence-corrected chi connectivity index (χ4v) is 2.24. The van der Waals surface area contributed by atoms with Crippen molar-refractivity contribution in [3.63, 3.8) is 0 Å². The van der Waals surface area contributed by atoms with Crippen LogP contribution in [-0.2, 0) is 14.8 Å². The van der Waals surface area contributed by atoms with Gasteiger partial charge in [0.2, 0.25) is 5.96 Å². The molecule has 0 radical (unpaired) electrons. The average Bonchev–Trinajstić information content (AvgIpc) is 2.37. The molecule has 0 unspecified atom stereocenters. The van der Waals surface area contributed by atoms with Gasteiger partial charge in [0.1, 0.15) is 5.76 Å². The molecule has 22 heavy (non-hydrogen) atoms. The number of rotatable bonds is 5. The number of nitrogens with zero attached hydrogens (tertiary/aromatic N) is 3. The van der Waals surface area contributed by atoms with Gasteiger partial charge in [-0.1, -0.05) is 0 Å². The Morgan fingerprint density at radius 1 is 1.14 bits per heavy atom. The van der Waals surface area contributed by atoms with Crippen molar-refractivity contribution in [3.05, 3.63) is 35.7 Å². The molecule has 5 N–H and O–H groups in total. The molecule has 1 rings (SSSR count). The molecule has 0 atom stereocenters. The number of sulfonamides is 1. The van der Waals surface area contributed by atoms with Crippen LogP contribution in [0.4, 0.5) is 5.69 Å². The van der Waals surface area contributed by atoms with Crippen LogP contribution in [0.1, 0.15) is 13.8 Å². The van der Waals surface area contributed by atoms with Crippen LogP contribution in [0, 0.1) is 0 Å². The molecule has 1 aromatic carbocycles. The average molecular weight is 325 g/mol. The fourth-order valence-electron chi connectivity index (χ4n) is 1.38. The van der Waals surface area contributed by atoms with Crippen molar-refractivity contribution in [1.29, 1.82) is 0 Å². The van der Waals surface area contributed by atoms with Crippen LogP contribution in [0.25, 0.3) is 0 Å². The SMILES string of the molecule is CC(=O)/C(N=Nc1ccc(S(=O)(=O)N=C(N)N)cc1)=C(\C)O. The van der Waals surface area contributed by atoms with Gasteiger partial charge in [0, 0.05) is 6.92 Å². The fraction of sp³-hybridized carbons (Fsp3) is 0.167. The highest BCUT2D eigenvalue weighted by Crippen LogP contribution is 2.19. The van der Waals surface area contributed by atoms with Gasteiger partial charge in [0.25, 0.3) is 10.0 Å². The van der Waals surface area contributed by atoms with Crippen molar-refractivity contribution in [1.82, 2.24) is 0 Å². The lowest BCUT2D eigenvalue weighted by atomic mass is 10.3. The Hall–Kier alpha value is -2.75. The van der Waals surface area contributed by atoms with Crippen molar-refractivity contribution >= 4 is 27.5 Å². The van der Waals surface area contributed by atoms with Crippen LogP contribution in [0.15, 0.2) is 55.2 Å². The molecule has 0 fully saturated rings. The second kappa shape index (κ2) is 6.80. The molecular formula is C12H15N5O4S. The highest BCUT2D eigenvalue weighted by molar-refractivity contribution is 7.90. The molecule has 0 bridgehead atoms. The van der Waals surface area contributed by atoms with E-state index in [0.717, 1.165) is 0 Å². The summed E-state index contributed by atoms with van der Waals surface area (Å²) in [5, 5.41) is 16.6. The van der Waals surface area contributed by atoms with Crippen molar-refractivity contribution < 1.29 is 18.3 Å². The van der Waals surface area contributed by atoms with Gasteiger partial charge in [0.05, 0.1) is 10.6 Å². The Morgan fingerprint density at radius 3 is 2.09 bits per heavy atom. The number of carbonyl (C=O) groups excluding carboxylic acids is 1. The number of guanidine groups is 1. The zero-order chi connectivity index (χ0) is 16.9. The van der Waals surface area contributed by atoms with Crippen molar-refractivity contribution in [2.24, 2.45) is 26.1 Å². The second-order valence-electron chi connectivity index (χ2n) is 4.18. The normalized spacial score (nSPS) is 12.8. The standard InChI is InChI=1S/C12H15N5O4S/c1-7(18)11(8(2)19)16-15-9-3-5-10(6-4-9)22(20,21)17-12(13)14/h3-6,18H,1-2H3,(H4,13,14,17)/b11-7-,16-15?. The van der Waals surface area contributed by atoms with Crippen molar-refractivity contribution in [2.45, 2.75) is 18.7 Å². The van der Waals surface area contributed by atoms with Gasteiger partial charge in [-0.3, -0.25) is 4.79 Å². The largest absolute Gasteiger partial charge is 0.510 e. The minimum absolute atomic E-state index is 0.125. The molecule has 10 heteroatoms. The molecular weight excluding hydrogens is 310 g/mol. The van der Waals surface area contributed by atoms with Crippen LogP contribution in [0.2, 0.25) is 0 Å². The van der Waals surface area contributed by atoms with E-state index in [1.54, 1.807) is 0 Å². The molecule has 0 aliphatic carbocycles. The number of hydrogen-bond acceptors (Lipinski definition) is 6. The van der Waals surface area contributed by atoms with Crippen LogP contribution >= 0.6 is 0 Å². The van der Waals surface area contributed by atoms with Crippen LogP contribution in [0.5, 0.6) is 0 Å². The minimum Gasteiger partial charge on any atom is -0.510 e. The van der Waals surface area contributed by atoms with E-state index in [-0.39, 0.29) is 22.0 Å². The Kier molecular flexibility index (Phi) is 5.35. The predicted octanol–water partition coefficient (Wildman–Crippen LogP) is 1.11. The van der Waals surface area contributed by atoms with Gasteiger partial charge in [-0.2, -0.15) is 13.5 Å². The summed E-state index contributed by atoms with van der Waals surface area (Å²) in [7, 11) is -3.97. The molecule has 0 heterocycles. The van der Waals surface area contributed by atoms with Crippen LogP contribution < -0.4 is 11.5 Å². The molecule has 0 saturated heterocycles. The van der Waals surface area contributed by atoms with Crippen LogP contribution in [-0.4, -0.2) is 25.3 Å². The second-order valence-corrected chi connectivity index (χ2v) is 5.78. The first-order valence-electron chi connectivity index (χ1n) is 5.92. The first kappa shape index (κ1) is 17.3. The summed E-state index contributed by atoms with van der Waals surface area (Å²) in [6.07, 6.45) is 0. The van der Waals surface area contributed by atoms with E-state index in [2.05, 4.69) is 14.6 Å². The van der Waals surface area contributed by atoms with Gasteiger partial charge < -0.3 is 16.6 Å². The number of azo groups is 1. The minimum atomic E-state index is -3.97. The van der Waals surface area contributed by atoms with E-state index in [4.69, 9.17) is 11.5 Å². The number of Topliss-reactive ketones (excluding diaryl/α,β-unsaturated/α-hetero) is 1. The van der Waals surface area contributed by atoms with Crippen molar-refractivity contribution in [2.75, 3.05) is 0 Å². The van der Waals surface area contributed by atoms with Gasteiger partial charge >= 0.3 is 0 Å². The number of carbonyl (C=O) groups is 1. The first-order valence-corrected chi connectivity index (χ1v) is 7.36. The Morgan fingerprint density at radius 2 is 1.68 bits per heavy atom. The van der Waals surface area contributed by atoms with Gasteiger partial charge in [-0.15, -0.1) is 9.51 Å². The quantitative estimate of drug-likeness (QED) is 0.241. The van der Waals surface area contributed by atoms with E-state index in [9.17, 15) is 18.3 Å². The summed E-state index contributed by atoms with van der Waals surface area (Å²) >= 11 is 0. The molecule has 0 aliphatic heterocycles. The van der Waals surface area contributed by atoms with Gasteiger partial charge in [-0.05, 0) is 31.2 Å². The van der Waals surface area contributed by atoms with Crippen molar-refractivity contribution in [3.8, 4) is 0 Å². The molecule has 0 spiro atoms. The summed E-state index contributed by atoms with van der Waals surface area (Å²) < 4.78 is 26.6. The smallest absolute Gasteiger partial charge is 0.285 e. The lowest BCUT2D eigenvalue weighted by Gasteiger charge is -2.00. The Balaban J connectivity index is 3.08. The lowest BCUT2D eigenvalue weighted by molar-refractivity contribution is -0.113. The van der Waals surface area contributed by atoms with E-state index in [0.29, 0.717) is 0 Å². The highest BCUT2D eigenvalue weighted by atomic mass is 32.2. The van der Waals surface area contributed by atoms with E-state index >= 15 is 0 Å². The van der Waals surface area contributed by atoms with Gasteiger partial charge in [-0.25, -0.2) is 0 Å². The molecule has 0 aromatic heterocycles. The summed E-state index contributed by atoms with van der Waals surface area (Å²) in [5.41, 5.74) is 10.2. The summed E-state index contributed by atoms with van der Waals surface area (Å²) in [6.45, 7) is 2.54. The number of benzene rings is 1. The maximum Gasteiger partial charge on any atom is 0.285 e. The molecule has 1 aromatic rings. The predicted molar refractivity (Wildman–Crippen MR) is 80.0 cm³/mol. The summed E-state index contributed by atoms with van der Waals surface area (Å²) in [6, 6.07) is 5.17. The number of allylic oxidation sites excluding steroid dienone is 2. The van der Waals surface area contributed by atoms with Crippen LogP contribution in [0.3, 0.4) is 0 Å². The molecule has 0 amide bonds. The van der Waals surface area contributed by atoms with Gasteiger partial charge in [0.15, 0.2) is 11.5 Å². The third-order valence-corrected chi connectivity index (χ3v) is 3.62. The lowest BCUT2D eigenvalue weighted by Crippen LogP contribution is -2.24. The van der Waals surface area contributed by atoms with E-state index in [1.165, 1.54) is 38.1 Å². The molecule has 0 aliphatic rings. The maximum atomic E-state index is 11.7. The Bertz CT molecular complexity index is 755. The Labute approximate surface area is 127 Å². The number of nitrogens with two attached hydrogens (primary N) is 2. The zero-order valence-corrected chi connectivity index (χ0v) is 12.7. The third kappa shape index (κ3) is 4.66. The third-order valence-electron chi connectivity index (χ3n) is 2.30. The highest BCUT2D eigenvalue weighted by Gasteiger charge is 2.13. The zero-order valence-electron chi connectivity index (χ0n) is 11.9. The number of aliphatic hydroxyl groups is 1. The number of aliphatic hydroxyl groups excluding tert-OH is 1. The molecule has 0 saturated carbocycles. The monoisotopic (exact) mass is 325 g/mol. The number of hydrogen-bond donors (Lipinski definition) is 3. The van der Waals surface area contributed by atoms with E-state index < -0.39 is 21.8 Å². The summed E-state index contributed by atoms with van der Waals surface area (Å²) in [4.78, 5) is 11.1. The molecule has 118 valence electrons. The number of ketones is 1.